The largest absolute Gasteiger partial charge is 0.481 e. The van der Waals surface area contributed by atoms with E-state index in [0.29, 0.717) is 0 Å². The van der Waals surface area contributed by atoms with Gasteiger partial charge < -0.3 is 35.6 Å². The molecule has 1 rings (SSSR count). The van der Waals surface area contributed by atoms with Crippen LogP contribution in [0.25, 0.3) is 0 Å². The van der Waals surface area contributed by atoms with Crippen LogP contribution in [0.2, 0.25) is 0 Å². The molecule has 0 aromatic carbocycles. The molecule has 1 aliphatic heterocycles. The molecule has 110 valence electrons. The summed E-state index contributed by atoms with van der Waals surface area (Å²) in [5, 5.41) is 48.3. The normalized spacial score (nSPS) is 34.8. The van der Waals surface area contributed by atoms with Crippen molar-refractivity contribution in [1.29, 1.82) is 0 Å². The summed E-state index contributed by atoms with van der Waals surface area (Å²) >= 11 is 0. The number of amides is 1. The molecule has 9 heteroatoms. The summed E-state index contributed by atoms with van der Waals surface area (Å²) in [5.74, 6) is -1.86. The van der Waals surface area contributed by atoms with E-state index in [0.717, 1.165) is 0 Å². The number of rotatable bonds is 5. The summed E-state index contributed by atoms with van der Waals surface area (Å²) in [6, 6.07) is -1.29. The van der Waals surface area contributed by atoms with Crippen LogP contribution in [0.4, 0.5) is 0 Å². The van der Waals surface area contributed by atoms with Crippen molar-refractivity contribution < 1.29 is 39.9 Å². The molecule has 0 aliphatic carbocycles. The van der Waals surface area contributed by atoms with Crippen LogP contribution in [0.1, 0.15) is 12.8 Å². The fraction of sp³-hybridized carbons (Fsp3) is 0.800. The lowest BCUT2D eigenvalue weighted by atomic mass is 9.97. The number of hydrogen-bond donors (Lipinski definition) is 6. The second-order valence-corrected chi connectivity index (χ2v) is 4.22. The molecule has 1 heterocycles. The number of carboxylic acids is 1. The van der Waals surface area contributed by atoms with Gasteiger partial charge in [0.1, 0.15) is 24.4 Å². The lowest BCUT2D eigenvalue weighted by Crippen LogP contribution is -2.64. The van der Waals surface area contributed by atoms with E-state index in [2.05, 4.69) is 5.32 Å². The Morgan fingerprint density at radius 2 is 1.74 bits per heavy atom. The van der Waals surface area contributed by atoms with Gasteiger partial charge in [0.25, 0.3) is 0 Å². The smallest absolute Gasteiger partial charge is 0.303 e. The minimum Gasteiger partial charge on any atom is -0.481 e. The number of ether oxygens (including phenoxy) is 1. The van der Waals surface area contributed by atoms with Crippen molar-refractivity contribution in [2.24, 2.45) is 0 Å². The number of hydrogen-bond acceptors (Lipinski definition) is 7. The Labute approximate surface area is 108 Å². The monoisotopic (exact) mass is 279 g/mol. The molecule has 0 bridgehead atoms. The Balaban J connectivity index is 2.57. The van der Waals surface area contributed by atoms with Crippen molar-refractivity contribution in [3.63, 3.8) is 0 Å². The van der Waals surface area contributed by atoms with Crippen molar-refractivity contribution in [2.45, 2.75) is 43.5 Å². The molecule has 6 N–H and O–H groups in total. The minimum atomic E-state index is -1.61. The Kier molecular flexibility index (Phi) is 5.63. The number of aliphatic hydroxyl groups is 4. The van der Waals surface area contributed by atoms with Gasteiger partial charge in [-0.1, -0.05) is 0 Å². The summed E-state index contributed by atoms with van der Waals surface area (Å²) in [6.45, 7) is -0.602. The third kappa shape index (κ3) is 4.11. The van der Waals surface area contributed by atoms with Crippen molar-refractivity contribution in [3.8, 4) is 0 Å². The minimum absolute atomic E-state index is 0.329. The number of nitrogens with one attached hydrogen (secondary N) is 1. The van der Waals surface area contributed by atoms with Gasteiger partial charge in [0.2, 0.25) is 5.91 Å². The molecule has 0 aromatic heterocycles. The van der Waals surface area contributed by atoms with Gasteiger partial charge in [-0.15, -0.1) is 0 Å². The van der Waals surface area contributed by atoms with E-state index in [1.165, 1.54) is 0 Å². The number of carboxylic acid groups (broad SMARTS) is 1. The zero-order chi connectivity index (χ0) is 14.6. The molecule has 3 unspecified atom stereocenters. The summed E-state index contributed by atoms with van der Waals surface area (Å²) in [6.07, 6.45) is -6.49. The highest BCUT2D eigenvalue weighted by Crippen LogP contribution is 2.19. The van der Waals surface area contributed by atoms with E-state index in [1.807, 2.05) is 0 Å². The van der Waals surface area contributed by atoms with Crippen molar-refractivity contribution in [3.05, 3.63) is 0 Å². The van der Waals surface area contributed by atoms with E-state index < -0.39 is 55.5 Å². The molecule has 0 saturated carbocycles. The molecule has 1 aliphatic rings. The van der Waals surface area contributed by atoms with Gasteiger partial charge in [-0.05, 0) is 0 Å². The molecule has 1 fully saturated rings. The molecular weight excluding hydrogens is 262 g/mol. The molecule has 0 radical (unpaired) electrons. The first-order chi connectivity index (χ1) is 8.86. The first kappa shape index (κ1) is 15.8. The average molecular weight is 279 g/mol. The Hall–Kier alpha value is -1.26. The van der Waals surface area contributed by atoms with Crippen LogP contribution in [0.15, 0.2) is 0 Å². The van der Waals surface area contributed by atoms with Crippen LogP contribution < -0.4 is 5.32 Å². The van der Waals surface area contributed by atoms with Crippen LogP contribution in [0.3, 0.4) is 0 Å². The van der Waals surface area contributed by atoms with Gasteiger partial charge in [-0.25, -0.2) is 0 Å². The van der Waals surface area contributed by atoms with Crippen LogP contribution in [0, 0.1) is 0 Å². The number of aliphatic hydroxyl groups excluding tert-OH is 4. The highest BCUT2D eigenvalue weighted by Gasteiger charge is 2.44. The lowest BCUT2D eigenvalue weighted by molar-refractivity contribution is -0.253. The first-order valence-electron chi connectivity index (χ1n) is 5.68. The predicted octanol–water partition coefficient (Wildman–Crippen LogP) is -3.23. The molecule has 1 saturated heterocycles. The number of carbonyl (C=O) groups is 2. The standard InChI is InChI=1S/C10H17NO8/c12-3-4-8(16)9(17)7(10(18)19-4)11-5(13)1-2-6(14)15/h4,7-10,12,16-18H,1-3H2,(H,11,13)(H,14,15)/t4-,7?,8?,9-,10?/m1/s1. The van der Waals surface area contributed by atoms with Gasteiger partial charge in [0.15, 0.2) is 6.29 Å². The zero-order valence-electron chi connectivity index (χ0n) is 9.97. The highest BCUT2D eigenvalue weighted by molar-refractivity contribution is 5.80. The lowest BCUT2D eigenvalue weighted by Gasteiger charge is -2.40. The van der Waals surface area contributed by atoms with Crippen molar-refractivity contribution >= 4 is 11.9 Å². The van der Waals surface area contributed by atoms with Gasteiger partial charge >= 0.3 is 5.97 Å². The maximum absolute atomic E-state index is 11.4. The summed E-state index contributed by atoms with van der Waals surface area (Å²) < 4.78 is 4.82. The van der Waals surface area contributed by atoms with E-state index >= 15 is 0 Å². The maximum Gasteiger partial charge on any atom is 0.303 e. The fourth-order valence-electron chi connectivity index (χ4n) is 1.73. The Morgan fingerprint density at radius 3 is 2.26 bits per heavy atom. The third-order valence-electron chi connectivity index (χ3n) is 2.79. The van der Waals surface area contributed by atoms with Gasteiger partial charge in [0.05, 0.1) is 13.0 Å². The molecule has 9 nitrogen and oxygen atoms in total. The van der Waals surface area contributed by atoms with Gasteiger partial charge in [-0.2, -0.15) is 0 Å². The van der Waals surface area contributed by atoms with Crippen LogP contribution in [-0.2, 0) is 14.3 Å². The van der Waals surface area contributed by atoms with Crippen molar-refractivity contribution in [2.75, 3.05) is 6.61 Å². The molecule has 0 spiro atoms. The van der Waals surface area contributed by atoms with Crippen molar-refractivity contribution in [1.82, 2.24) is 5.32 Å². The predicted molar refractivity (Wildman–Crippen MR) is 58.8 cm³/mol. The number of aliphatic carboxylic acids is 1. The SMILES string of the molecule is O=C(O)CCC(=O)NC1C(O)O[C@H](CO)C(O)[C@@H]1O. The first-order valence-corrected chi connectivity index (χ1v) is 5.68. The second kappa shape index (κ2) is 6.78. The molecule has 1 amide bonds. The van der Waals surface area contributed by atoms with Crippen LogP contribution >= 0.6 is 0 Å². The topological polar surface area (TPSA) is 157 Å². The molecule has 0 aromatic rings. The summed E-state index contributed by atoms with van der Waals surface area (Å²) in [7, 11) is 0. The van der Waals surface area contributed by atoms with E-state index in [-0.39, 0.29) is 6.42 Å². The van der Waals surface area contributed by atoms with Crippen LogP contribution in [0.5, 0.6) is 0 Å². The zero-order valence-corrected chi connectivity index (χ0v) is 9.97. The average Bonchev–Trinajstić information content (AvgIpc) is 2.36. The summed E-state index contributed by atoms with van der Waals surface area (Å²) in [5.41, 5.74) is 0. The highest BCUT2D eigenvalue weighted by atomic mass is 16.6. The van der Waals surface area contributed by atoms with E-state index in [4.69, 9.17) is 14.9 Å². The third-order valence-corrected chi connectivity index (χ3v) is 2.79. The van der Waals surface area contributed by atoms with Gasteiger partial charge in [0, 0.05) is 6.42 Å². The molecule has 19 heavy (non-hydrogen) atoms. The Morgan fingerprint density at radius 1 is 1.11 bits per heavy atom. The second-order valence-electron chi connectivity index (χ2n) is 4.22. The van der Waals surface area contributed by atoms with E-state index in [9.17, 15) is 24.9 Å². The van der Waals surface area contributed by atoms with Gasteiger partial charge in [-0.3, -0.25) is 9.59 Å². The van der Waals surface area contributed by atoms with E-state index in [1.54, 1.807) is 0 Å². The molecule has 5 atom stereocenters. The quantitative estimate of drug-likeness (QED) is 0.306. The Bertz CT molecular complexity index is 335. The summed E-state index contributed by atoms with van der Waals surface area (Å²) in [4.78, 5) is 21.7. The number of carbonyl (C=O) groups excluding carboxylic acids is 1. The molecular formula is C10H17NO8. The van der Waals surface area contributed by atoms with Crippen LogP contribution in [-0.4, -0.2) is 74.7 Å². The maximum atomic E-state index is 11.4. The fourth-order valence-corrected chi connectivity index (χ4v) is 1.73.